The van der Waals surface area contributed by atoms with Crippen LogP contribution in [0.4, 0.5) is 0 Å². The Hall–Kier alpha value is -1.02. The standard InChI is InChI=1S/C9H19N3O4/c10-4-2-1-3-6(11)7(14)9(12,5-13)8(15)16/h6,13H,1-5,10-12H2,(H,15,16)/t6-,9+/m0/s1. The van der Waals surface area contributed by atoms with Crippen molar-refractivity contribution in [2.45, 2.75) is 30.8 Å². The Morgan fingerprint density at radius 2 is 1.88 bits per heavy atom. The number of aliphatic hydroxyl groups excluding tert-OH is 1. The Labute approximate surface area is 93.6 Å². The quantitative estimate of drug-likeness (QED) is 0.235. The fourth-order valence-corrected chi connectivity index (χ4v) is 1.22. The van der Waals surface area contributed by atoms with Gasteiger partial charge in [-0.05, 0) is 19.4 Å². The Balaban J connectivity index is 4.45. The van der Waals surface area contributed by atoms with Crippen molar-refractivity contribution in [1.82, 2.24) is 0 Å². The zero-order valence-corrected chi connectivity index (χ0v) is 9.06. The number of hydrogen-bond acceptors (Lipinski definition) is 6. The van der Waals surface area contributed by atoms with E-state index in [1.165, 1.54) is 0 Å². The zero-order chi connectivity index (χ0) is 12.8. The van der Waals surface area contributed by atoms with Crippen molar-refractivity contribution in [1.29, 1.82) is 0 Å². The highest BCUT2D eigenvalue weighted by atomic mass is 16.4. The molecule has 0 bridgehead atoms. The molecule has 0 saturated carbocycles. The highest BCUT2D eigenvalue weighted by molar-refractivity contribution is 6.09. The average Bonchev–Trinajstić information content (AvgIpc) is 2.26. The lowest BCUT2D eigenvalue weighted by atomic mass is 9.89. The van der Waals surface area contributed by atoms with Gasteiger partial charge in [0, 0.05) is 0 Å². The summed E-state index contributed by atoms with van der Waals surface area (Å²) >= 11 is 0. The SMILES string of the molecule is NCCCC[C@H](N)C(=O)[C@](N)(CO)C(=O)O. The van der Waals surface area contributed by atoms with Crippen LogP contribution in [-0.2, 0) is 9.59 Å². The van der Waals surface area contributed by atoms with Crippen LogP contribution in [0.1, 0.15) is 19.3 Å². The number of rotatable bonds is 8. The number of unbranched alkanes of at least 4 members (excludes halogenated alkanes) is 1. The molecule has 16 heavy (non-hydrogen) atoms. The monoisotopic (exact) mass is 233 g/mol. The van der Waals surface area contributed by atoms with E-state index < -0.39 is 29.9 Å². The van der Waals surface area contributed by atoms with Gasteiger partial charge in [-0.3, -0.25) is 4.79 Å². The number of ketones is 1. The Morgan fingerprint density at radius 1 is 1.31 bits per heavy atom. The summed E-state index contributed by atoms with van der Waals surface area (Å²) in [6, 6.07) is -0.986. The van der Waals surface area contributed by atoms with E-state index >= 15 is 0 Å². The first-order chi connectivity index (χ1) is 7.40. The molecule has 0 spiro atoms. The lowest BCUT2D eigenvalue weighted by Crippen LogP contribution is -2.62. The molecule has 0 aromatic carbocycles. The molecule has 0 aliphatic carbocycles. The second kappa shape index (κ2) is 6.54. The molecule has 0 fully saturated rings. The van der Waals surface area contributed by atoms with E-state index in [0.29, 0.717) is 25.8 Å². The van der Waals surface area contributed by atoms with Gasteiger partial charge in [-0.25, -0.2) is 4.79 Å². The molecule has 7 heteroatoms. The third kappa shape index (κ3) is 3.53. The zero-order valence-electron chi connectivity index (χ0n) is 9.06. The van der Waals surface area contributed by atoms with E-state index in [1.807, 2.05) is 0 Å². The molecule has 0 rings (SSSR count). The molecule has 0 aliphatic heterocycles. The molecule has 8 N–H and O–H groups in total. The fraction of sp³-hybridized carbons (Fsp3) is 0.778. The van der Waals surface area contributed by atoms with Crippen molar-refractivity contribution in [3.05, 3.63) is 0 Å². The van der Waals surface area contributed by atoms with Gasteiger partial charge in [0.2, 0.25) is 0 Å². The minimum Gasteiger partial charge on any atom is -0.479 e. The summed E-state index contributed by atoms with van der Waals surface area (Å²) in [5.74, 6) is -2.44. The number of carboxylic acid groups (broad SMARTS) is 1. The maximum atomic E-state index is 11.6. The average molecular weight is 233 g/mol. The summed E-state index contributed by atoms with van der Waals surface area (Å²) in [5, 5.41) is 17.6. The predicted octanol–water partition coefficient (Wildman–Crippen LogP) is -2.21. The molecule has 7 nitrogen and oxygen atoms in total. The van der Waals surface area contributed by atoms with Crippen LogP contribution < -0.4 is 17.2 Å². The van der Waals surface area contributed by atoms with Gasteiger partial charge in [-0.15, -0.1) is 0 Å². The molecule has 0 aliphatic rings. The van der Waals surface area contributed by atoms with Gasteiger partial charge in [0.15, 0.2) is 11.3 Å². The Bertz CT molecular complexity index is 259. The molecular formula is C9H19N3O4. The number of Topliss-reactive ketones (excluding diaryl/α,β-unsaturated/α-hetero) is 1. The third-order valence-electron chi connectivity index (χ3n) is 2.38. The summed E-state index contributed by atoms with van der Waals surface area (Å²) in [6.45, 7) is -0.487. The van der Waals surface area contributed by atoms with Gasteiger partial charge in [0.1, 0.15) is 0 Å². The van der Waals surface area contributed by atoms with Gasteiger partial charge in [0.05, 0.1) is 12.6 Å². The van der Waals surface area contributed by atoms with Gasteiger partial charge in [-0.1, -0.05) is 6.42 Å². The highest BCUT2D eigenvalue weighted by Crippen LogP contribution is 2.09. The van der Waals surface area contributed by atoms with E-state index in [4.69, 9.17) is 27.4 Å². The predicted molar refractivity (Wildman–Crippen MR) is 57.5 cm³/mol. The van der Waals surface area contributed by atoms with Crippen molar-refractivity contribution in [2.75, 3.05) is 13.2 Å². The van der Waals surface area contributed by atoms with Crippen LogP contribution in [0.25, 0.3) is 0 Å². The maximum Gasteiger partial charge on any atom is 0.333 e. The second-order valence-corrected chi connectivity index (χ2v) is 3.69. The molecule has 0 aromatic heterocycles. The van der Waals surface area contributed by atoms with Crippen molar-refractivity contribution in [3.63, 3.8) is 0 Å². The van der Waals surface area contributed by atoms with Crippen LogP contribution in [0.15, 0.2) is 0 Å². The molecule has 94 valence electrons. The van der Waals surface area contributed by atoms with E-state index in [2.05, 4.69) is 0 Å². The summed E-state index contributed by atoms with van der Waals surface area (Å²) in [6.07, 6.45) is 1.62. The smallest absolute Gasteiger partial charge is 0.333 e. The van der Waals surface area contributed by atoms with Gasteiger partial charge in [0.25, 0.3) is 0 Å². The minimum atomic E-state index is -2.30. The summed E-state index contributed by atoms with van der Waals surface area (Å²) in [4.78, 5) is 22.4. The van der Waals surface area contributed by atoms with Crippen LogP contribution in [0.2, 0.25) is 0 Å². The van der Waals surface area contributed by atoms with Crippen LogP contribution in [0, 0.1) is 0 Å². The first-order valence-electron chi connectivity index (χ1n) is 5.03. The fourth-order valence-electron chi connectivity index (χ4n) is 1.22. The number of carboxylic acids is 1. The summed E-state index contributed by atoms with van der Waals surface area (Å²) in [5.41, 5.74) is 13.8. The first kappa shape index (κ1) is 15.0. The second-order valence-electron chi connectivity index (χ2n) is 3.69. The van der Waals surface area contributed by atoms with Crippen LogP contribution in [0.5, 0.6) is 0 Å². The Morgan fingerprint density at radius 3 is 2.25 bits per heavy atom. The largest absolute Gasteiger partial charge is 0.479 e. The van der Waals surface area contributed by atoms with Crippen LogP contribution >= 0.6 is 0 Å². The van der Waals surface area contributed by atoms with Gasteiger partial charge < -0.3 is 27.4 Å². The molecule has 0 unspecified atom stereocenters. The van der Waals surface area contributed by atoms with Gasteiger partial charge in [-0.2, -0.15) is 0 Å². The van der Waals surface area contributed by atoms with Crippen molar-refractivity contribution < 1.29 is 19.8 Å². The van der Waals surface area contributed by atoms with Crippen molar-refractivity contribution in [3.8, 4) is 0 Å². The lowest BCUT2D eigenvalue weighted by Gasteiger charge is -2.23. The Kier molecular flexibility index (Phi) is 6.12. The maximum absolute atomic E-state index is 11.6. The number of aliphatic hydroxyl groups is 1. The third-order valence-corrected chi connectivity index (χ3v) is 2.38. The number of hydrogen-bond donors (Lipinski definition) is 5. The normalized spacial score (nSPS) is 16.5. The number of aliphatic carboxylic acids is 1. The summed E-state index contributed by atoms with van der Waals surface area (Å²) < 4.78 is 0. The van der Waals surface area contributed by atoms with E-state index in [-0.39, 0.29) is 0 Å². The minimum absolute atomic E-state index is 0.308. The van der Waals surface area contributed by atoms with E-state index in [0.717, 1.165) is 0 Å². The van der Waals surface area contributed by atoms with Crippen LogP contribution in [-0.4, -0.2) is 46.7 Å². The molecule has 2 atom stereocenters. The number of carbonyl (C=O) groups excluding carboxylic acids is 1. The van der Waals surface area contributed by atoms with E-state index in [9.17, 15) is 9.59 Å². The van der Waals surface area contributed by atoms with Gasteiger partial charge >= 0.3 is 5.97 Å². The molecule has 0 heterocycles. The molecule has 0 amide bonds. The number of nitrogens with two attached hydrogens (primary N) is 3. The highest BCUT2D eigenvalue weighted by Gasteiger charge is 2.43. The lowest BCUT2D eigenvalue weighted by molar-refractivity contribution is -0.150. The molecule has 0 saturated heterocycles. The van der Waals surface area contributed by atoms with Crippen LogP contribution in [0.3, 0.4) is 0 Å². The molecular weight excluding hydrogens is 214 g/mol. The summed E-state index contributed by atoms with van der Waals surface area (Å²) in [7, 11) is 0. The first-order valence-corrected chi connectivity index (χ1v) is 5.03. The molecule has 0 aromatic rings. The van der Waals surface area contributed by atoms with E-state index in [1.54, 1.807) is 0 Å². The van der Waals surface area contributed by atoms with Crippen molar-refractivity contribution in [2.24, 2.45) is 17.2 Å². The molecule has 0 radical (unpaired) electrons. The van der Waals surface area contributed by atoms with Crippen molar-refractivity contribution >= 4 is 11.8 Å². The topological polar surface area (TPSA) is 153 Å². The number of carbonyl (C=O) groups is 2.